The number of carbonyl (C=O) groups excluding carboxylic acids is 1. The summed E-state index contributed by atoms with van der Waals surface area (Å²) in [5.41, 5.74) is 0. The maximum Gasteiger partial charge on any atom is 0.418 e. The summed E-state index contributed by atoms with van der Waals surface area (Å²) in [6, 6.07) is 0. The van der Waals surface area contributed by atoms with Crippen molar-refractivity contribution in [3.8, 4) is 0 Å². The Morgan fingerprint density at radius 1 is 1.55 bits per heavy atom. The Kier molecular flexibility index (Phi) is 2.54. The second kappa shape index (κ2) is 3.65. The van der Waals surface area contributed by atoms with Gasteiger partial charge >= 0.3 is 6.09 Å². The Hall–Kier alpha value is -1.45. The first-order valence-electron chi connectivity index (χ1n) is 3.28. The summed E-state index contributed by atoms with van der Waals surface area (Å²) >= 11 is 0. The molecule has 1 aliphatic rings. The minimum absolute atomic E-state index is 0.373. The van der Waals surface area contributed by atoms with E-state index in [-0.39, 0.29) is 0 Å². The molecule has 0 atom stereocenters. The molecule has 0 saturated carbocycles. The van der Waals surface area contributed by atoms with Gasteiger partial charge in [-0.3, -0.25) is 4.90 Å². The van der Waals surface area contributed by atoms with E-state index >= 15 is 0 Å². The summed E-state index contributed by atoms with van der Waals surface area (Å²) in [5, 5.41) is 0. The minimum atomic E-state index is -0.400. The number of amides is 1. The van der Waals surface area contributed by atoms with Crippen molar-refractivity contribution in [2.45, 2.75) is 6.92 Å². The van der Waals surface area contributed by atoms with Gasteiger partial charge in [0, 0.05) is 0 Å². The van der Waals surface area contributed by atoms with Crippen LogP contribution in [-0.2, 0) is 9.47 Å². The molecule has 4 nitrogen and oxygen atoms in total. The normalized spacial score (nSPS) is 14.5. The van der Waals surface area contributed by atoms with Crippen molar-refractivity contribution in [2.75, 3.05) is 6.61 Å². The van der Waals surface area contributed by atoms with Crippen molar-refractivity contribution in [3.63, 3.8) is 0 Å². The molecule has 0 bridgehead atoms. The largest absolute Gasteiger partial charge is 0.470 e. The van der Waals surface area contributed by atoms with Crippen LogP contribution in [0.5, 0.6) is 0 Å². The van der Waals surface area contributed by atoms with E-state index in [4.69, 9.17) is 9.47 Å². The number of ether oxygens (including phenoxy) is 2. The van der Waals surface area contributed by atoms with E-state index in [0.29, 0.717) is 6.61 Å². The topological polar surface area (TPSA) is 38.8 Å². The van der Waals surface area contributed by atoms with E-state index in [0.717, 1.165) is 0 Å². The molecule has 0 N–H and O–H groups in total. The van der Waals surface area contributed by atoms with Crippen molar-refractivity contribution < 1.29 is 14.3 Å². The highest BCUT2D eigenvalue weighted by Crippen LogP contribution is 2.01. The van der Waals surface area contributed by atoms with Crippen molar-refractivity contribution in [1.82, 2.24) is 4.90 Å². The van der Waals surface area contributed by atoms with Crippen LogP contribution in [0.3, 0.4) is 0 Å². The fourth-order valence-electron chi connectivity index (χ4n) is 0.616. The molecule has 0 aromatic rings. The van der Waals surface area contributed by atoms with Crippen LogP contribution in [-0.4, -0.2) is 17.6 Å². The lowest BCUT2D eigenvalue weighted by molar-refractivity contribution is 0.130. The van der Waals surface area contributed by atoms with Gasteiger partial charge in [0.25, 0.3) is 0 Å². The molecule has 1 rings (SSSR count). The molecule has 0 unspecified atom stereocenters. The molecule has 1 amide bonds. The Labute approximate surface area is 64.7 Å². The lowest BCUT2D eigenvalue weighted by Crippen LogP contribution is -2.22. The van der Waals surface area contributed by atoms with Gasteiger partial charge in [-0.05, 0) is 6.92 Å². The van der Waals surface area contributed by atoms with Gasteiger partial charge in [0.2, 0.25) is 0 Å². The van der Waals surface area contributed by atoms with Gasteiger partial charge in [0.1, 0.15) is 12.5 Å². The molecule has 0 aliphatic carbocycles. The van der Waals surface area contributed by atoms with Crippen molar-refractivity contribution in [1.29, 1.82) is 0 Å². The maximum atomic E-state index is 10.9. The quantitative estimate of drug-likeness (QED) is 0.574. The van der Waals surface area contributed by atoms with Gasteiger partial charge in [-0.15, -0.1) is 0 Å². The zero-order chi connectivity index (χ0) is 8.10. The standard InChI is InChI=1S/C7H9NO3/c1-2-11-7(9)8-3-5-10-6-4-8/h3-6H,2H2,1H3. The number of carbonyl (C=O) groups is 1. The molecule has 0 radical (unpaired) electrons. The van der Waals surface area contributed by atoms with E-state index in [1.807, 2.05) is 0 Å². The number of hydrogen-bond acceptors (Lipinski definition) is 3. The summed E-state index contributed by atoms with van der Waals surface area (Å²) in [7, 11) is 0. The fraction of sp³-hybridized carbons (Fsp3) is 0.286. The summed E-state index contributed by atoms with van der Waals surface area (Å²) in [5.74, 6) is 0. The molecule has 4 heteroatoms. The molecule has 11 heavy (non-hydrogen) atoms. The van der Waals surface area contributed by atoms with Crippen molar-refractivity contribution in [2.24, 2.45) is 0 Å². The SMILES string of the molecule is CCOC(=O)N1C=COC=C1. The molecule has 0 aromatic carbocycles. The van der Waals surface area contributed by atoms with Crippen molar-refractivity contribution >= 4 is 6.09 Å². The molecular weight excluding hydrogens is 146 g/mol. The first-order chi connectivity index (χ1) is 5.34. The van der Waals surface area contributed by atoms with Gasteiger partial charge in [-0.2, -0.15) is 0 Å². The van der Waals surface area contributed by atoms with E-state index in [2.05, 4.69) is 0 Å². The van der Waals surface area contributed by atoms with Gasteiger partial charge in [-0.1, -0.05) is 0 Å². The highest BCUT2D eigenvalue weighted by Gasteiger charge is 2.09. The van der Waals surface area contributed by atoms with Crippen molar-refractivity contribution in [3.05, 3.63) is 24.9 Å². The van der Waals surface area contributed by atoms with Gasteiger partial charge in [0.05, 0.1) is 19.0 Å². The average molecular weight is 155 g/mol. The number of nitrogens with zero attached hydrogens (tertiary/aromatic N) is 1. The molecule has 0 spiro atoms. The molecule has 0 saturated heterocycles. The minimum Gasteiger partial charge on any atom is -0.470 e. The first-order valence-corrected chi connectivity index (χ1v) is 3.28. The van der Waals surface area contributed by atoms with Crippen LogP contribution in [0.1, 0.15) is 6.92 Å². The zero-order valence-electron chi connectivity index (χ0n) is 6.19. The Morgan fingerprint density at radius 3 is 2.73 bits per heavy atom. The molecular formula is C7H9NO3. The lowest BCUT2D eigenvalue weighted by atomic mass is 10.7. The second-order valence-electron chi connectivity index (χ2n) is 1.81. The summed E-state index contributed by atoms with van der Waals surface area (Å²) in [4.78, 5) is 12.2. The summed E-state index contributed by atoms with van der Waals surface area (Å²) in [6.45, 7) is 2.13. The molecule has 1 heterocycles. The third-order valence-electron chi connectivity index (χ3n) is 1.08. The molecule has 60 valence electrons. The first kappa shape index (κ1) is 7.65. The van der Waals surface area contributed by atoms with Crippen LogP contribution in [0, 0.1) is 0 Å². The van der Waals surface area contributed by atoms with Crippen LogP contribution in [0.25, 0.3) is 0 Å². The Morgan fingerprint density at radius 2 is 2.18 bits per heavy atom. The van der Waals surface area contributed by atoms with E-state index in [9.17, 15) is 4.79 Å². The third-order valence-corrected chi connectivity index (χ3v) is 1.08. The number of hydrogen-bond donors (Lipinski definition) is 0. The Bertz CT molecular complexity index is 186. The van der Waals surface area contributed by atoms with E-state index < -0.39 is 6.09 Å². The van der Waals surface area contributed by atoms with Crippen LogP contribution in [0.4, 0.5) is 4.79 Å². The van der Waals surface area contributed by atoms with Crippen LogP contribution in [0.2, 0.25) is 0 Å². The smallest absolute Gasteiger partial charge is 0.418 e. The maximum absolute atomic E-state index is 10.9. The second-order valence-corrected chi connectivity index (χ2v) is 1.81. The van der Waals surface area contributed by atoms with Gasteiger partial charge in [-0.25, -0.2) is 4.79 Å². The van der Waals surface area contributed by atoms with Crippen LogP contribution in [0.15, 0.2) is 24.9 Å². The monoisotopic (exact) mass is 155 g/mol. The summed E-state index contributed by atoms with van der Waals surface area (Å²) in [6.07, 6.45) is 5.37. The molecule has 1 aliphatic heterocycles. The fourth-order valence-corrected chi connectivity index (χ4v) is 0.616. The van der Waals surface area contributed by atoms with Crippen LogP contribution < -0.4 is 0 Å². The third kappa shape index (κ3) is 2.00. The highest BCUT2D eigenvalue weighted by molar-refractivity contribution is 5.70. The summed E-state index contributed by atoms with van der Waals surface area (Å²) < 4.78 is 9.43. The van der Waals surface area contributed by atoms with E-state index in [1.165, 1.54) is 29.8 Å². The van der Waals surface area contributed by atoms with E-state index in [1.54, 1.807) is 6.92 Å². The Balaban J connectivity index is 2.45. The van der Waals surface area contributed by atoms with Gasteiger partial charge in [0.15, 0.2) is 0 Å². The van der Waals surface area contributed by atoms with Crippen LogP contribution >= 0.6 is 0 Å². The zero-order valence-corrected chi connectivity index (χ0v) is 6.19. The molecule has 0 fully saturated rings. The molecule has 0 aromatic heterocycles. The lowest BCUT2D eigenvalue weighted by Gasteiger charge is -2.14. The van der Waals surface area contributed by atoms with Gasteiger partial charge < -0.3 is 9.47 Å². The average Bonchev–Trinajstić information content (AvgIpc) is 2.07. The predicted molar refractivity (Wildman–Crippen MR) is 38.2 cm³/mol. The number of rotatable bonds is 1. The predicted octanol–water partition coefficient (Wildman–Crippen LogP) is 1.42. The highest BCUT2D eigenvalue weighted by atomic mass is 16.6.